The van der Waals surface area contributed by atoms with Crippen molar-refractivity contribution in [1.82, 2.24) is 0 Å². The molecule has 0 saturated carbocycles. The standard InChI is InChI=1S/C11H13FN2/c1-2-8-9(11(14)6-7-13)4-3-5-10(8)12/h3-5,11H,2,6,14H2,1H3. The fourth-order valence-corrected chi connectivity index (χ4v) is 1.50. The first-order valence-corrected chi connectivity index (χ1v) is 4.60. The Morgan fingerprint density at radius 2 is 2.29 bits per heavy atom. The van der Waals surface area contributed by atoms with Crippen LogP contribution >= 0.6 is 0 Å². The fourth-order valence-electron chi connectivity index (χ4n) is 1.50. The van der Waals surface area contributed by atoms with Crippen LogP contribution in [0.3, 0.4) is 0 Å². The van der Waals surface area contributed by atoms with Gasteiger partial charge in [0.25, 0.3) is 0 Å². The second-order valence-corrected chi connectivity index (χ2v) is 3.13. The van der Waals surface area contributed by atoms with Gasteiger partial charge in [0.1, 0.15) is 5.82 Å². The van der Waals surface area contributed by atoms with Crippen LogP contribution in [0.4, 0.5) is 4.39 Å². The van der Waals surface area contributed by atoms with Crippen LogP contribution in [0.5, 0.6) is 0 Å². The van der Waals surface area contributed by atoms with E-state index in [0.29, 0.717) is 12.0 Å². The number of benzene rings is 1. The molecule has 0 aliphatic heterocycles. The summed E-state index contributed by atoms with van der Waals surface area (Å²) in [4.78, 5) is 0. The maximum Gasteiger partial charge on any atom is 0.126 e. The van der Waals surface area contributed by atoms with Crippen molar-refractivity contribution < 1.29 is 4.39 Å². The highest BCUT2D eigenvalue weighted by Crippen LogP contribution is 2.21. The van der Waals surface area contributed by atoms with E-state index >= 15 is 0 Å². The number of nitrogens with two attached hydrogens (primary N) is 1. The van der Waals surface area contributed by atoms with Gasteiger partial charge in [-0.15, -0.1) is 0 Å². The van der Waals surface area contributed by atoms with E-state index in [0.717, 1.165) is 5.56 Å². The zero-order chi connectivity index (χ0) is 10.6. The SMILES string of the molecule is CCc1c(F)cccc1C(N)CC#N. The summed E-state index contributed by atoms with van der Waals surface area (Å²) >= 11 is 0. The zero-order valence-corrected chi connectivity index (χ0v) is 8.13. The minimum atomic E-state index is -0.384. The smallest absolute Gasteiger partial charge is 0.126 e. The number of halogens is 1. The van der Waals surface area contributed by atoms with Gasteiger partial charge in [-0.1, -0.05) is 19.1 Å². The molecule has 1 unspecified atom stereocenters. The van der Waals surface area contributed by atoms with Crippen LogP contribution in [0, 0.1) is 17.1 Å². The van der Waals surface area contributed by atoms with Gasteiger partial charge in [0.05, 0.1) is 12.5 Å². The van der Waals surface area contributed by atoms with Crippen molar-refractivity contribution in [3.8, 4) is 6.07 Å². The van der Waals surface area contributed by atoms with Crippen molar-refractivity contribution >= 4 is 0 Å². The van der Waals surface area contributed by atoms with Gasteiger partial charge < -0.3 is 5.73 Å². The van der Waals surface area contributed by atoms with Gasteiger partial charge in [-0.25, -0.2) is 4.39 Å². The third-order valence-corrected chi connectivity index (χ3v) is 2.22. The average molecular weight is 192 g/mol. The van der Waals surface area contributed by atoms with Crippen LogP contribution in [0.25, 0.3) is 0 Å². The molecule has 0 aliphatic rings. The van der Waals surface area contributed by atoms with Crippen LogP contribution in [0.15, 0.2) is 18.2 Å². The van der Waals surface area contributed by atoms with E-state index in [1.807, 2.05) is 13.0 Å². The molecule has 0 fully saturated rings. The van der Waals surface area contributed by atoms with Crippen molar-refractivity contribution in [2.75, 3.05) is 0 Å². The molecule has 1 aromatic carbocycles. The fraction of sp³-hybridized carbons (Fsp3) is 0.364. The first kappa shape index (κ1) is 10.7. The molecule has 74 valence electrons. The lowest BCUT2D eigenvalue weighted by Gasteiger charge is -2.13. The molecule has 0 heterocycles. The predicted octanol–water partition coefficient (Wildman–Crippen LogP) is 2.30. The van der Waals surface area contributed by atoms with E-state index in [4.69, 9.17) is 11.0 Å². The van der Waals surface area contributed by atoms with E-state index < -0.39 is 0 Å². The van der Waals surface area contributed by atoms with Crippen molar-refractivity contribution in [3.05, 3.63) is 35.1 Å². The lowest BCUT2D eigenvalue weighted by molar-refractivity contribution is 0.601. The molecule has 2 N–H and O–H groups in total. The third-order valence-electron chi connectivity index (χ3n) is 2.22. The molecule has 0 aromatic heterocycles. The minimum absolute atomic E-state index is 0.219. The normalized spacial score (nSPS) is 12.1. The highest BCUT2D eigenvalue weighted by molar-refractivity contribution is 5.31. The quantitative estimate of drug-likeness (QED) is 0.798. The number of nitrogens with zero attached hydrogens (tertiary/aromatic N) is 1. The summed E-state index contributed by atoms with van der Waals surface area (Å²) < 4.78 is 13.3. The lowest BCUT2D eigenvalue weighted by atomic mass is 9.97. The van der Waals surface area contributed by atoms with Gasteiger partial charge in [0.15, 0.2) is 0 Å². The Kier molecular flexibility index (Phi) is 3.61. The van der Waals surface area contributed by atoms with Crippen LogP contribution < -0.4 is 5.73 Å². The summed E-state index contributed by atoms with van der Waals surface area (Å²) in [6.45, 7) is 1.88. The summed E-state index contributed by atoms with van der Waals surface area (Å²) in [6.07, 6.45) is 0.817. The van der Waals surface area contributed by atoms with Gasteiger partial charge >= 0.3 is 0 Å². The number of hydrogen-bond donors (Lipinski definition) is 1. The summed E-state index contributed by atoms with van der Waals surface area (Å²) in [5.41, 5.74) is 7.13. The molecule has 1 aromatic rings. The molecule has 0 radical (unpaired) electrons. The highest BCUT2D eigenvalue weighted by atomic mass is 19.1. The van der Waals surface area contributed by atoms with Gasteiger partial charge in [0.2, 0.25) is 0 Å². The molecule has 1 rings (SSSR count). The van der Waals surface area contributed by atoms with Crippen LogP contribution in [0.1, 0.15) is 30.5 Å². The van der Waals surface area contributed by atoms with Crippen molar-refractivity contribution in [3.63, 3.8) is 0 Å². The lowest BCUT2D eigenvalue weighted by Crippen LogP contribution is -2.12. The molecular formula is C11H13FN2. The van der Waals surface area contributed by atoms with Gasteiger partial charge in [-0.3, -0.25) is 0 Å². The molecule has 0 spiro atoms. The zero-order valence-electron chi connectivity index (χ0n) is 8.13. The van der Waals surface area contributed by atoms with Gasteiger partial charge in [-0.05, 0) is 23.6 Å². The second-order valence-electron chi connectivity index (χ2n) is 3.13. The molecule has 0 saturated heterocycles. The van der Waals surface area contributed by atoms with Gasteiger partial charge in [0, 0.05) is 6.04 Å². The largest absolute Gasteiger partial charge is 0.323 e. The van der Waals surface area contributed by atoms with E-state index in [1.54, 1.807) is 12.1 Å². The Bertz CT molecular complexity index is 355. The van der Waals surface area contributed by atoms with Crippen LogP contribution in [-0.2, 0) is 6.42 Å². The van der Waals surface area contributed by atoms with Crippen LogP contribution in [-0.4, -0.2) is 0 Å². The molecule has 0 bridgehead atoms. The molecule has 1 atom stereocenters. The first-order chi connectivity index (χ1) is 6.70. The van der Waals surface area contributed by atoms with Crippen molar-refractivity contribution in [2.24, 2.45) is 5.73 Å². The summed E-state index contributed by atoms with van der Waals surface area (Å²) in [5.74, 6) is -0.238. The van der Waals surface area contributed by atoms with E-state index in [9.17, 15) is 4.39 Å². The van der Waals surface area contributed by atoms with Crippen molar-refractivity contribution in [1.29, 1.82) is 5.26 Å². The Hall–Kier alpha value is -1.40. The number of rotatable bonds is 3. The van der Waals surface area contributed by atoms with E-state index in [2.05, 4.69) is 0 Å². The maximum absolute atomic E-state index is 13.3. The molecule has 0 aliphatic carbocycles. The van der Waals surface area contributed by atoms with Crippen LogP contribution in [0.2, 0.25) is 0 Å². The maximum atomic E-state index is 13.3. The van der Waals surface area contributed by atoms with E-state index in [-0.39, 0.29) is 18.3 Å². The molecule has 3 heteroatoms. The third kappa shape index (κ3) is 2.09. The van der Waals surface area contributed by atoms with Gasteiger partial charge in [-0.2, -0.15) is 5.26 Å². The predicted molar refractivity (Wildman–Crippen MR) is 52.9 cm³/mol. The number of hydrogen-bond acceptors (Lipinski definition) is 2. The average Bonchev–Trinajstić information content (AvgIpc) is 2.17. The minimum Gasteiger partial charge on any atom is -0.323 e. The summed E-state index contributed by atoms with van der Waals surface area (Å²) in [6, 6.07) is 6.43. The van der Waals surface area contributed by atoms with Crippen molar-refractivity contribution in [2.45, 2.75) is 25.8 Å². The Balaban J connectivity index is 3.08. The highest BCUT2D eigenvalue weighted by Gasteiger charge is 2.12. The summed E-state index contributed by atoms with van der Waals surface area (Å²) in [7, 11) is 0. The topological polar surface area (TPSA) is 49.8 Å². The Labute approximate surface area is 83.2 Å². The first-order valence-electron chi connectivity index (χ1n) is 4.60. The molecular weight excluding hydrogens is 179 g/mol. The molecule has 14 heavy (non-hydrogen) atoms. The van der Waals surface area contributed by atoms with E-state index in [1.165, 1.54) is 6.07 Å². The number of nitriles is 1. The Morgan fingerprint density at radius 1 is 1.57 bits per heavy atom. The molecule has 2 nitrogen and oxygen atoms in total. The monoisotopic (exact) mass is 192 g/mol. The second kappa shape index (κ2) is 4.73. The molecule has 0 amide bonds. The summed E-state index contributed by atoms with van der Waals surface area (Å²) in [5, 5.41) is 8.51. The Morgan fingerprint density at radius 3 is 2.86 bits per heavy atom.